The van der Waals surface area contributed by atoms with E-state index in [1.54, 1.807) is 23.1 Å². The Balaban J connectivity index is 1.67. The molecule has 1 aliphatic rings. The van der Waals surface area contributed by atoms with Gasteiger partial charge < -0.3 is 4.90 Å². The number of carbonyl (C=O) groups excluding carboxylic acids is 1. The monoisotopic (exact) mass is 404 g/mol. The lowest BCUT2D eigenvalue weighted by atomic mass is 9.99. The number of hydrogen-bond donors (Lipinski definition) is 0. The Morgan fingerprint density at radius 3 is 2.29 bits per heavy atom. The van der Waals surface area contributed by atoms with Gasteiger partial charge >= 0.3 is 0 Å². The second-order valence-electron chi connectivity index (χ2n) is 7.08. The van der Waals surface area contributed by atoms with Gasteiger partial charge in [-0.2, -0.15) is 4.31 Å². The number of amides is 1. The summed E-state index contributed by atoms with van der Waals surface area (Å²) < 4.78 is 40.6. The van der Waals surface area contributed by atoms with Crippen LogP contribution in [0.5, 0.6) is 0 Å². The molecular formula is C21H25FN2O3S. The van der Waals surface area contributed by atoms with E-state index in [1.165, 1.54) is 22.5 Å². The van der Waals surface area contributed by atoms with Crippen molar-refractivity contribution in [3.05, 3.63) is 65.5 Å². The van der Waals surface area contributed by atoms with Gasteiger partial charge in [0.05, 0.1) is 4.90 Å². The molecule has 1 atom stereocenters. The fourth-order valence-electron chi connectivity index (χ4n) is 3.29. The Labute approximate surface area is 165 Å². The van der Waals surface area contributed by atoms with E-state index in [2.05, 4.69) is 13.8 Å². The van der Waals surface area contributed by atoms with Crippen LogP contribution in [0.3, 0.4) is 0 Å². The number of carbonyl (C=O) groups is 1. The summed E-state index contributed by atoms with van der Waals surface area (Å²) in [5, 5.41) is 0. The van der Waals surface area contributed by atoms with Crippen molar-refractivity contribution in [1.82, 2.24) is 9.21 Å². The predicted molar refractivity (Wildman–Crippen MR) is 106 cm³/mol. The van der Waals surface area contributed by atoms with Crippen LogP contribution in [-0.4, -0.2) is 49.7 Å². The lowest BCUT2D eigenvalue weighted by molar-refractivity contribution is 0.0697. The van der Waals surface area contributed by atoms with Crippen molar-refractivity contribution in [3.63, 3.8) is 0 Å². The summed E-state index contributed by atoms with van der Waals surface area (Å²) >= 11 is 0. The van der Waals surface area contributed by atoms with E-state index in [9.17, 15) is 17.6 Å². The largest absolute Gasteiger partial charge is 0.336 e. The molecule has 0 saturated carbocycles. The van der Waals surface area contributed by atoms with E-state index in [0.717, 1.165) is 12.0 Å². The van der Waals surface area contributed by atoms with Gasteiger partial charge in [0.15, 0.2) is 0 Å². The van der Waals surface area contributed by atoms with Gasteiger partial charge in [-0.25, -0.2) is 12.8 Å². The summed E-state index contributed by atoms with van der Waals surface area (Å²) in [6.45, 7) is 5.20. The Morgan fingerprint density at radius 1 is 1.07 bits per heavy atom. The molecule has 0 N–H and O–H groups in total. The lowest BCUT2D eigenvalue weighted by Gasteiger charge is -2.34. The maximum absolute atomic E-state index is 13.3. The van der Waals surface area contributed by atoms with Crippen LogP contribution in [-0.2, 0) is 10.0 Å². The molecule has 3 rings (SSSR count). The predicted octanol–water partition coefficient (Wildman–Crippen LogP) is 3.49. The highest BCUT2D eigenvalue weighted by Gasteiger charge is 2.30. The van der Waals surface area contributed by atoms with Gasteiger partial charge in [0.2, 0.25) is 10.0 Å². The SMILES string of the molecule is CC[C@H](C)c1ccc(S(=O)(=O)N2CCN(C(=O)c3cccc(F)c3)CC2)cc1. The molecule has 0 spiro atoms. The van der Waals surface area contributed by atoms with Crippen LogP contribution >= 0.6 is 0 Å². The fraction of sp³-hybridized carbons (Fsp3) is 0.381. The first-order chi connectivity index (χ1) is 13.3. The molecule has 5 nitrogen and oxygen atoms in total. The number of piperazine rings is 1. The molecule has 7 heteroatoms. The summed E-state index contributed by atoms with van der Waals surface area (Å²) in [5.41, 5.74) is 1.39. The molecule has 1 amide bonds. The third-order valence-electron chi connectivity index (χ3n) is 5.30. The highest BCUT2D eigenvalue weighted by Crippen LogP contribution is 2.23. The van der Waals surface area contributed by atoms with Crippen LogP contribution in [0, 0.1) is 5.82 Å². The minimum atomic E-state index is -3.60. The molecule has 0 aromatic heterocycles. The van der Waals surface area contributed by atoms with E-state index in [4.69, 9.17) is 0 Å². The van der Waals surface area contributed by atoms with Crippen LogP contribution < -0.4 is 0 Å². The molecule has 2 aromatic carbocycles. The van der Waals surface area contributed by atoms with Gasteiger partial charge in [-0.3, -0.25) is 4.79 Å². The zero-order chi connectivity index (χ0) is 20.3. The molecule has 0 radical (unpaired) electrons. The minimum absolute atomic E-state index is 0.219. The standard InChI is InChI=1S/C21H25FN2O3S/c1-3-16(2)17-7-9-20(10-8-17)28(26,27)24-13-11-23(12-14-24)21(25)18-5-4-6-19(22)15-18/h4-10,15-16H,3,11-14H2,1-2H3/t16-/m0/s1. The van der Waals surface area contributed by atoms with Crippen molar-refractivity contribution in [1.29, 1.82) is 0 Å². The Bertz CT molecular complexity index is 936. The Hall–Kier alpha value is -2.25. The van der Waals surface area contributed by atoms with Gasteiger partial charge in [-0.15, -0.1) is 0 Å². The second-order valence-corrected chi connectivity index (χ2v) is 9.02. The number of hydrogen-bond acceptors (Lipinski definition) is 3. The smallest absolute Gasteiger partial charge is 0.254 e. The summed E-state index contributed by atoms with van der Waals surface area (Å²) in [6.07, 6.45) is 0.993. The van der Waals surface area contributed by atoms with Crippen LogP contribution in [0.4, 0.5) is 4.39 Å². The highest BCUT2D eigenvalue weighted by atomic mass is 32.2. The molecule has 0 aliphatic carbocycles. The molecular weight excluding hydrogens is 379 g/mol. The Kier molecular flexibility index (Phi) is 6.15. The van der Waals surface area contributed by atoms with Gasteiger partial charge in [0.25, 0.3) is 5.91 Å². The first-order valence-electron chi connectivity index (χ1n) is 9.48. The highest BCUT2D eigenvalue weighted by molar-refractivity contribution is 7.89. The first kappa shape index (κ1) is 20.5. The summed E-state index contributed by atoms with van der Waals surface area (Å²) in [5.74, 6) is -0.364. The molecule has 1 fully saturated rings. The molecule has 1 heterocycles. The van der Waals surface area contributed by atoms with Crippen molar-refractivity contribution in [2.75, 3.05) is 26.2 Å². The van der Waals surface area contributed by atoms with Crippen LogP contribution in [0.15, 0.2) is 53.4 Å². The molecule has 1 saturated heterocycles. The Morgan fingerprint density at radius 2 is 1.71 bits per heavy atom. The molecule has 2 aromatic rings. The molecule has 1 aliphatic heterocycles. The first-order valence-corrected chi connectivity index (χ1v) is 10.9. The molecule has 150 valence electrons. The zero-order valence-corrected chi connectivity index (χ0v) is 17.0. The van der Waals surface area contributed by atoms with E-state index < -0.39 is 15.8 Å². The van der Waals surface area contributed by atoms with E-state index in [1.807, 2.05) is 12.1 Å². The van der Waals surface area contributed by atoms with Gasteiger partial charge in [0, 0.05) is 31.7 Å². The lowest BCUT2D eigenvalue weighted by Crippen LogP contribution is -2.50. The van der Waals surface area contributed by atoms with Crippen molar-refractivity contribution in [2.45, 2.75) is 31.1 Å². The van der Waals surface area contributed by atoms with Crippen LogP contribution in [0.2, 0.25) is 0 Å². The normalized spacial score (nSPS) is 16.8. The van der Waals surface area contributed by atoms with Crippen molar-refractivity contribution >= 4 is 15.9 Å². The topological polar surface area (TPSA) is 57.7 Å². The van der Waals surface area contributed by atoms with Crippen molar-refractivity contribution < 1.29 is 17.6 Å². The number of nitrogens with zero attached hydrogens (tertiary/aromatic N) is 2. The average molecular weight is 405 g/mol. The number of sulfonamides is 1. The maximum atomic E-state index is 13.3. The third-order valence-corrected chi connectivity index (χ3v) is 7.21. The average Bonchev–Trinajstić information content (AvgIpc) is 2.72. The number of benzene rings is 2. The summed E-state index contributed by atoms with van der Waals surface area (Å²) in [4.78, 5) is 14.3. The minimum Gasteiger partial charge on any atom is -0.336 e. The van der Waals surface area contributed by atoms with E-state index in [0.29, 0.717) is 5.92 Å². The van der Waals surface area contributed by atoms with E-state index >= 15 is 0 Å². The van der Waals surface area contributed by atoms with Crippen LogP contribution in [0.25, 0.3) is 0 Å². The number of halogens is 1. The quantitative estimate of drug-likeness (QED) is 0.767. The third kappa shape index (κ3) is 4.25. The van der Waals surface area contributed by atoms with Gasteiger partial charge in [0.1, 0.15) is 5.82 Å². The van der Waals surface area contributed by atoms with Crippen molar-refractivity contribution in [2.24, 2.45) is 0 Å². The van der Waals surface area contributed by atoms with E-state index in [-0.39, 0.29) is 42.5 Å². The van der Waals surface area contributed by atoms with Crippen LogP contribution in [0.1, 0.15) is 42.1 Å². The molecule has 0 unspecified atom stereocenters. The summed E-state index contributed by atoms with van der Waals surface area (Å²) in [7, 11) is -3.60. The second kappa shape index (κ2) is 8.41. The summed E-state index contributed by atoms with van der Waals surface area (Å²) in [6, 6.07) is 12.6. The van der Waals surface area contributed by atoms with Gasteiger partial charge in [-0.05, 0) is 48.2 Å². The molecule has 0 bridgehead atoms. The number of rotatable bonds is 5. The van der Waals surface area contributed by atoms with Crippen molar-refractivity contribution in [3.8, 4) is 0 Å². The van der Waals surface area contributed by atoms with Gasteiger partial charge in [-0.1, -0.05) is 32.0 Å². The maximum Gasteiger partial charge on any atom is 0.254 e. The zero-order valence-electron chi connectivity index (χ0n) is 16.1. The molecule has 28 heavy (non-hydrogen) atoms. The fourth-order valence-corrected chi connectivity index (χ4v) is 4.71.